The van der Waals surface area contributed by atoms with Crippen LogP contribution < -0.4 is 0 Å². The molecule has 0 radical (unpaired) electrons. The number of aliphatic hydroxyl groups excluding tert-OH is 1. The first kappa shape index (κ1) is 12.9. The van der Waals surface area contributed by atoms with Crippen LogP contribution in [0.5, 0.6) is 0 Å². The van der Waals surface area contributed by atoms with Crippen molar-refractivity contribution in [2.45, 2.75) is 27.0 Å². The lowest BCUT2D eigenvalue weighted by Gasteiger charge is -2.13. The molecule has 3 aromatic rings. The molecule has 2 aromatic carbocycles. The van der Waals surface area contributed by atoms with Crippen molar-refractivity contribution >= 4 is 10.9 Å². The van der Waals surface area contributed by atoms with Crippen molar-refractivity contribution in [3.05, 3.63) is 70.9 Å². The van der Waals surface area contributed by atoms with Crippen LogP contribution in [0.4, 0.5) is 0 Å². The molecule has 0 aliphatic heterocycles. The summed E-state index contributed by atoms with van der Waals surface area (Å²) in [6.45, 7) is 5.23. The summed E-state index contributed by atoms with van der Waals surface area (Å²) < 4.78 is 2.23. The number of para-hydroxylation sites is 1. The van der Waals surface area contributed by atoms with Gasteiger partial charge >= 0.3 is 0 Å². The molecule has 102 valence electrons. The highest BCUT2D eigenvalue weighted by atomic mass is 16.3. The minimum atomic E-state index is 0.0775. The van der Waals surface area contributed by atoms with Gasteiger partial charge in [0.05, 0.1) is 12.1 Å². The summed E-state index contributed by atoms with van der Waals surface area (Å²) in [5.41, 5.74) is 6.11. The van der Waals surface area contributed by atoms with E-state index in [1.165, 1.54) is 22.1 Å². The summed E-state index contributed by atoms with van der Waals surface area (Å²) in [6, 6.07) is 14.6. The summed E-state index contributed by atoms with van der Waals surface area (Å²) >= 11 is 0. The molecule has 0 atom stereocenters. The third-order valence-corrected chi connectivity index (χ3v) is 4.02. The highest BCUT2D eigenvalue weighted by molar-refractivity contribution is 5.83. The molecule has 1 heterocycles. The maximum Gasteiger partial charge on any atom is 0.0702 e. The Hall–Kier alpha value is -2.06. The standard InChI is InChI=1S/C18H19NO/c1-13-5-3-6-14(2)17(13)11-19-10-9-15-7-4-8-16(12-20)18(15)19/h3-10,20H,11-12H2,1-2H3. The lowest BCUT2D eigenvalue weighted by atomic mass is 10.0. The number of rotatable bonds is 3. The van der Waals surface area contributed by atoms with Crippen LogP contribution >= 0.6 is 0 Å². The molecular formula is C18H19NO. The Kier molecular flexibility index (Phi) is 3.33. The molecule has 1 aromatic heterocycles. The van der Waals surface area contributed by atoms with Gasteiger partial charge in [-0.3, -0.25) is 0 Å². The quantitative estimate of drug-likeness (QED) is 0.765. The van der Waals surface area contributed by atoms with Crippen molar-refractivity contribution in [1.82, 2.24) is 4.57 Å². The largest absolute Gasteiger partial charge is 0.392 e. The summed E-state index contributed by atoms with van der Waals surface area (Å²) in [5.74, 6) is 0. The van der Waals surface area contributed by atoms with Crippen molar-refractivity contribution in [1.29, 1.82) is 0 Å². The lowest BCUT2D eigenvalue weighted by molar-refractivity contribution is 0.283. The van der Waals surface area contributed by atoms with Crippen LogP contribution in [0.2, 0.25) is 0 Å². The van der Waals surface area contributed by atoms with E-state index < -0.39 is 0 Å². The van der Waals surface area contributed by atoms with Crippen molar-refractivity contribution in [3.63, 3.8) is 0 Å². The monoisotopic (exact) mass is 265 g/mol. The van der Waals surface area contributed by atoms with Gasteiger partial charge in [-0.25, -0.2) is 0 Å². The number of aliphatic hydroxyl groups is 1. The second-order valence-electron chi connectivity index (χ2n) is 5.33. The molecule has 20 heavy (non-hydrogen) atoms. The Bertz CT molecular complexity index is 735. The molecule has 0 saturated heterocycles. The minimum Gasteiger partial charge on any atom is -0.392 e. The third-order valence-electron chi connectivity index (χ3n) is 4.02. The number of nitrogens with zero attached hydrogens (tertiary/aromatic N) is 1. The topological polar surface area (TPSA) is 25.2 Å². The zero-order valence-electron chi connectivity index (χ0n) is 11.9. The number of hydrogen-bond acceptors (Lipinski definition) is 1. The van der Waals surface area contributed by atoms with Crippen LogP contribution in [0.25, 0.3) is 10.9 Å². The second kappa shape index (κ2) is 5.14. The van der Waals surface area contributed by atoms with Crippen LogP contribution in [0, 0.1) is 13.8 Å². The molecule has 2 nitrogen and oxygen atoms in total. The molecule has 2 heteroatoms. The van der Waals surface area contributed by atoms with Gasteiger partial charge in [0.25, 0.3) is 0 Å². The van der Waals surface area contributed by atoms with E-state index in [1.54, 1.807) is 0 Å². The van der Waals surface area contributed by atoms with E-state index in [4.69, 9.17) is 0 Å². The predicted molar refractivity (Wildman–Crippen MR) is 82.9 cm³/mol. The summed E-state index contributed by atoms with van der Waals surface area (Å²) in [6.07, 6.45) is 2.11. The fourth-order valence-electron chi connectivity index (χ4n) is 2.87. The Morgan fingerprint density at radius 2 is 1.65 bits per heavy atom. The fraction of sp³-hybridized carbons (Fsp3) is 0.222. The molecule has 0 unspecified atom stereocenters. The van der Waals surface area contributed by atoms with Crippen LogP contribution in [-0.2, 0) is 13.2 Å². The van der Waals surface area contributed by atoms with Gasteiger partial charge < -0.3 is 9.67 Å². The molecular weight excluding hydrogens is 246 g/mol. The fourth-order valence-corrected chi connectivity index (χ4v) is 2.87. The Balaban J connectivity index is 2.12. The molecule has 0 amide bonds. The first-order valence-corrected chi connectivity index (χ1v) is 6.93. The van der Waals surface area contributed by atoms with E-state index in [9.17, 15) is 5.11 Å². The SMILES string of the molecule is Cc1cccc(C)c1Cn1ccc2cccc(CO)c21. The summed E-state index contributed by atoms with van der Waals surface area (Å²) in [5, 5.41) is 10.7. The Morgan fingerprint density at radius 1 is 0.950 bits per heavy atom. The smallest absolute Gasteiger partial charge is 0.0702 e. The molecule has 0 spiro atoms. The van der Waals surface area contributed by atoms with Gasteiger partial charge in [0.2, 0.25) is 0 Å². The van der Waals surface area contributed by atoms with E-state index in [1.807, 2.05) is 12.1 Å². The summed E-state index contributed by atoms with van der Waals surface area (Å²) in [7, 11) is 0. The Labute approximate surface area is 119 Å². The van der Waals surface area contributed by atoms with Crippen LogP contribution in [0.1, 0.15) is 22.3 Å². The first-order valence-electron chi connectivity index (χ1n) is 6.93. The molecule has 0 fully saturated rings. The van der Waals surface area contributed by atoms with E-state index in [-0.39, 0.29) is 6.61 Å². The molecule has 1 N–H and O–H groups in total. The van der Waals surface area contributed by atoms with Crippen molar-refractivity contribution in [3.8, 4) is 0 Å². The van der Waals surface area contributed by atoms with Crippen LogP contribution in [0.15, 0.2) is 48.7 Å². The summed E-state index contributed by atoms with van der Waals surface area (Å²) in [4.78, 5) is 0. The zero-order valence-corrected chi connectivity index (χ0v) is 11.9. The number of benzene rings is 2. The molecule has 0 aliphatic rings. The predicted octanol–water partition coefficient (Wildman–Crippen LogP) is 3.80. The molecule has 0 bridgehead atoms. The van der Waals surface area contributed by atoms with Crippen molar-refractivity contribution in [2.24, 2.45) is 0 Å². The lowest BCUT2D eigenvalue weighted by Crippen LogP contribution is -2.03. The molecule has 0 aliphatic carbocycles. The van der Waals surface area contributed by atoms with Gasteiger partial charge in [-0.2, -0.15) is 0 Å². The van der Waals surface area contributed by atoms with E-state index in [0.717, 1.165) is 17.6 Å². The maximum atomic E-state index is 9.54. The number of fused-ring (bicyclic) bond motifs is 1. The van der Waals surface area contributed by atoms with Gasteiger partial charge in [-0.1, -0.05) is 36.4 Å². The second-order valence-corrected chi connectivity index (χ2v) is 5.33. The first-order chi connectivity index (χ1) is 9.70. The highest BCUT2D eigenvalue weighted by Gasteiger charge is 2.08. The maximum absolute atomic E-state index is 9.54. The van der Waals surface area contributed by atoms with Gasteiger partial charge in [0.1, 0.15) is 0 Å². The van der Waals surface area contributed by atoms with Crippen molar-refractivity contribution < 1.29 is 5.11 Å². The van der Waals surface area contributed by atoms with Gasteiger partial charge in [-0.15, -0.1) is 0 Å². The number of aromatic nitrogens is 1. The highest BCUT2D eigenvalue weighted by Crippen LogP contribution is 2.23. The van der Waals surface area contributed by atoms with E-state index >= 15 is 0 Å². The van der Waals surface area contributed by atoms with Crippen LogP contribution in [-0.4, -0.2) is 9.67 Å². The van der Waals surface area contributed by atoms with Gasteiger partial charge in [-0.05, 0) is 42.0 Å². The minimum absolute atomic E-state index is 0.0775. The van der Waals surface area contributed by atoms with E-state index in [0.29, 0.717) is 0 Å². The van der Waals surface area contributed by atoms with Gasteiger partial charge in [0, 0.05) is 18.3 Å². The zero-order chi connectivity index (χ0) is 14.1. The normalized spacial score (nSPS) is 11.2. The van der Waals surface area contributed by atoms with Crippen molar-refractivity contribution in [2.75, 3.05) is 0 Å². The number of aryl methyl sites for hydroxylation is 2. The molecule has 3 rings (SSSR count). The Morgan fingerprint density at radius 3 is 2.35 bits per heavy atom. The van der Waals surface area contributed by atoms with Crippen LogP contribution in [0.3, 0.4) is 0 Å². The van der Waals surface area contributed by atoms with E-state index in [2.05, 4.69) is 54.9 Å². The van der Waals surface area contributed by atoms with Gasteiger partial charge in [0.15, 0.2) is 0 Å². The average molecular weight is 265 g/mol. The number of hydrogen-bond donors (Lipinski definition) is 1. The third kappa shape index (κ3) is 2.12. The average Bonchev–Trinajstić information content (AvgIpc) is 2.86. The molecule has 0 saturated carbocycles.